The highest BCUT2D eigenvalue weighted by molar-refractivity contribution is 6.43. The van der Waals surface area contributed by atoms with E-state index in [0.29, 0.717) is 17.1 Å². The number of benzene rings is 2. The second kappa shape index (κ2) is 9.55. The molecule has 0 atom stereocenters. The zero-order valence-electron chi connectivity index (χ0n) is 16.6. The van der Waals surface area contributed by atoms with Crippen LogP contribution in [0.2, 0.25) is 0 Å². The maximum absolute atomic E-state index is 12.3. The highest BCUT2D eigenvalue weighted by atomic mass is 16.2. The molecular formula is C21H26N4O3. The summed E-state index contributed by atoms with van der Waals surface area (Å²) in [5, 5.41) is 7.80. The number of carbonyl (C=O) groups is 3. The van der Waals surface area contributed by atoms with Gasteiger partial charge in [0.05, 0.1) is 0 Å². The fraction of sp³-hybridized carbons (Fsp3) is 0.286. The van der Waals surface area contributed by atoms with E-state index in [2.05, 4.69) is 34.7 Å². The van der Waals surface area contributed by atoms with Crippen LogP contribution in [0.5, 0.6) is 0 Å². The summed E-state index contributed by atoms with van der Waals surface area (Å²) in [5.41, 5.74) is 3.48. The lowest BCUT2D eigenvalue weighted by molar-refractivity contribution is -0.133. The normalized spacial score (nSPS) is 10.1. The second-order valence-electron chi connectivity index (χ2n) is 6.34. The number of hydrogen-bond donors (Lipinski definition) is 3. The van der Waals surface area contributed by atoms with Gasteiger partial charge >= 0.3 is 11.8 Å². The Balaban J connectivity index is 2.04. The Hall–Kier alpha value is -3.35. The highest BCUT2D eigenvalue weighted by Crippen LogP contribution is 2.23. The maximum Gasteiger partial charge on any atom is 0.314 e. The molecule has 2 aromatic carbocycles. The third-order valence-corrected chi connectivity index (χ3v) is 4.23. The fourth-order valence-corrected chi connectivity index (χ4v) is 2.82. The summed E-state index contributed by atoms with van der Waals surface area (Å²) in [6.07, 6.45) is 0. The van der Waals surface area contributed by atoms with Crippen LogP contribution in [0.4, 0.5) is 22.7 Å². The molecular weight excluding hydrogens is 356 g/mol. The van der Waals surface area contributed by atoms with Gasteiger partial charge in [-0.25, -0.2) is 0 Å². The van der Waals surface area contributed by atoms with Crippen LogP contribution in [-0.2, 0) is 14.4 Å². The average Bonchev–Trinajstić information content (AvgIpc) is 2.64. The third kappa shape index (κ3) is 5.57. The van der Waals surface area contributed by atoms with E-state index in [1.54, 1.807) is 30.3 Å². The minimum absolute atomic E-state index is 0.218. The summed E-state index contributed by atoms with van der Waals surface area (Å²) >= 11 is 0. The Labute approximate surface area is 165 Å². The molecule has 0 radical (unpaired) electrons. The molecule has 0 saturated carbocycles. The number of carbonyl (C=O) groups excluding carboxylic acids is 3. The van der Waals surface area contributed by atoms with Gasteiger partial charge < -0.3 is 20.9 Å². The minimum atomic E-state index is -0.785. The minimum Gasteiger partial charge on any atom is -0.372 e. The van der Waals surface area contributed by atoms with Crippen molar-refractivity contribution in [2.45, 2.75) is 27.7 Å². The molecule has 0 spiro atoms. The molecule has 0 aromatic heterocycles. The molecule has 0 aliphatic heterocycles. The maximum atomic E-state index is 12.3. The van der Waals surface area contributed by atoms with Crippen molar-refractivity contribution in [2.24, 2.45) is 0 Å². The van der Waals surface area contributed by atoms with E-state index in [-0.39, 0.29) is 5.91 Å². The van der Waals surface area contributed by atoms with Gasteiger partial charge in [0.2, 0.25) is 5.91 Å². The van der Waals surface area contributed by atoms with Crippen LogP contribution in [-0.4, -0.2) is 30.8 Å². The first kappa shape index (κ1) is 21.0. The van der Waals surface area contributed by atoms with Crippen LogP contribution in [0.25, 0.3) is 0 Å². The molecule has 3 amide bonds. The van der Waals surface area contributed by atoms with E-state index in [1.165, 1.54) is 6.92 Å². The Bertz CT molecular complexity index is 876. The van der Waals surface area contributed by atoms with Gasteiger partial charge in [-0.2, -0.15) is 0 Å². The summed E-state index contributed by atoms with van der Waals surface area (Å²) in [7, 11) is 0. The van der Waals surface area contributed by atoms with Gasteiger partial charge in [0.1, 0.15) is 0 Å². The summed E-state index contributed by atoms with van der Waals surface area (Å²) in [6, 6.07) is 12.3. The molecule has 2 aromatic rings. The Kier molecular flexibility index (Phi) is 7.14. The number of rotatable bonds is 6. The van der Waals surface area contributed by atoms with Gasteiger partial charge in [-0.1, -0.05) is 6.07 Å². The predicted molar refractivity (Wildman–Crippen MR) is 113 cm³/mol. The van der Waals surface area contributed by atoms with Crippen molar-refractivity contribution in [2.75, 3.05) is 33.9 Å². The first-order chi connectivity index (χ1) is 13.3. The van der Waals surface area contributed by atoms with E-state index in [4.69, 9.17) is 0 Å². The van der Waals surface area contributed by atoms with Gasteiger partial charge in [-0.3, -0.25) is 14.4 Å². The molecule has 0 unspecified atom stereocenters. The lowest BCUT2D eigenvalue weighted by Gasteiger charge is -2.22. The molecule has 148 valence electrons. The average molecular weight is 382 g/mol. The predicted octanol–water partition coefficient (Wildman–Crippen LogP) is 3.38. The van der Waals surface area contributed by atoms with E-state index >= 15 is 0 Å². The first-order valence-electron chi connectivity index (χ1n) is 9.19. The van der Waals surface area contributed by atoms with Crippen LogP contribution >= 0.6 is 0 Å². The highest BCUT2D eigenvalue weighted by Gasteiger charge is 2.16. The van der Waals surface area contributed by atoms with Gasteiger partial charge in [-0.15, -0.1) is 0 Å². The lowest BCUT2D eigenvalue weighted by atomic mass is 10.1. The Morgan fingerprint density at radius 2 is 1.46 bits per heavy atom. The van der Waals surface area contributed by atoms with E-state index in [0.717, 1.165) is 24.3 Å². The molecule has 0 fully saturated rings. The van der Waals surface area contributed by atoms with E-state index in [9.17, 15) is 14.4 Å². The SMILES string of the molecule is CCN(CC)c1ccc(NC(=O)C(=O)Nc2cccc(NC(C)=O)c2)c(C)c1. The smallest absolute Gasteiger partial charge is 0.314 e. The van der Waals surface area contributed by atoms with Gasteiger partial charge in [0.15, 0.2) is 0 Å². The van der Waals surface area contributed by atoms with Gasteiger partial charge in [0.25, 0.3) is 0 Å². The number of anilines is 4. The zero-order chi connectivity index (χ0) is 20.7. The van der Waals surface area contributed by atoms with Crippen molar-refractivity contribution in [3.63, 3.8) is 0 Å². The van der Waals surface area contributed by atoms with Gasteiger partial charge in [-0.05, 0) is 62.7 Å². The number of hydrogen-bond acceptors (Lipinski definition) is 4. The van der Waals surface area contributed by atoms with Crippen LogP contribution in [0.1, 0.15) is 26.3 Å². The van der Waals surface area contributed by atoms with Crippen LogP contribution in [0.3, 0.4) is 0 Å². The lowest BCUT2D eigenvalue weighted by Crippen LogP contribution is -2.29. The molecule has 0 aliphatic carbocycles. The fourth-order valence-electron chi connectivity index (χ4n) is 2.82. The monoisotopic (exact) mass is 382 g/mol. The van der Waals surface area contributed by atoms with Crippen LogP contribution < -0.4 is 20.9 Å². The second-order valence-corrected chi connectivity index (χ2v) is 6.34. The standard InChI is InChI=1S/C21H26N4O3/c1-5-25(6-2)18-10-11-19(14(3)12-18)24-21(28)20(27)23-17-9-7-8-16(13-17)22-15(4)26/h7-13H,5-6H2,1-4H3,(H,22,26)(H,23,27)(H,24,28). The number of amides is 3. The number of aryl methyl sites for hydroxylation is 1. The summed E-state index contributed by atoms with van der Waals surface area (Å²) in [5.74, 6) is -1.76. The van der Waals surface area contributed by atoms with Crippen molar-refractivity contribution in [1.29, 1.82) is 0 Å². The zero-order valence-corrected chi connectivity index (χ0v) is 16.6. The molecule has 7 nitrogen and oxygen atoms in total. The van der Waals surface area contributed by atoms with E-state index < -0.39 is 11.8 Å². The van der Waals surface area contributed by atoms with Crippen LogP contribution in [0, 0.1) is 6.92 Å². The molecule has 0 heterocycles. The molecule has 7 heteroatoms. The van der Waals surface area contributed by atoms with Crippen molar-refractivity contribution < 1.29 is 14.4 Å². The van der Waals surface area contributed by atoms with E-state index in [1.807, 2.05) is 19.1 Å². The molecule has 0 aliphatic rings. The summed E-state index contributed by atoms with van der Waals surface area (Å²) in [4.78, 5) is 37.8. The van der Waals surface area contributed by atoms with Crippen molar-refractivity contribution in [3.8, 4) is 0 Å². The molecule has 3 N–H and O–H groups in total. The molecule has 28 heavy (non-hydrogen) atoms. The summed E-state index contributed by atoms with van der Waals surface area (Å²) in [6.45, 7) is 9.23. The van der Waals surface area contributed by atoms with Gasteiger partial charge in [0, 0.05) is 42.8 Å². The molecule has 0 saturated heterocycles. The number of nitrogens with one attached hydrogen (secondary N) is 3. The summed E-state index contributed by atoms with van der Waals surface area (Å²) < 4.78 is 0. The van der Waals surface area contributed by atoms with Crippen LogP contribution in [0.15, 0.2) is 42.5 Å². The first-order valence-corrected chi connectivity index (χ1v) is 9.19. The topological polar surface area (TPSA) is 90.5 Å². The number of nitrogens with zero attached hydrogens (tertiary/aromatic N) is 1. The largest absolute Gasteiger partial charge is 0.372 e. The molecule has 2 rings (SSSR count). The third-order valence-electron chi connectivity index (χ3n) is 4.23. The Morgan fingerprint density at radius 3 is 2.04 bits per heavy atom. The Morgan fingerprint density at radius 1 is 0.857 bits per heavy atom. The molecule has 0 bridgehead atoms. The van der Waals surface area contributed by atoms with Crippen molar-refractivity contribution >= 4 is 40.5 Å². The van der Waals surface area contributed by atoms with Crippen molar-refractivity contribution in [1.82, 2.24) is 0 Å². The van der Waals surface area contributed by atoms with Crippen molar-refractivity contribution in [3.05, 3.63) is 48.0 Å². The quantitative estimate of drug-likeness (QED) is 0.668.